The lowest BCUT2D eigenvalue weighted by Gasteiger charge is -2.16. The molecule has 128 valence electrons. The Labute approximate surface area is 144 Å². The molecule has 0 atom stereocenters. The minimum atomic E-state index is -0.646. The van der Waals surface area contributed by atoms with Crippen LogP contribution in [0.1, 0.15) is 31.8 Å². The van der Waals surface area contributed by atoms with Gasteiger partial charge in [-0.1, -0.05) is 18.2 Å². The predicted molar refractivity (Wildman–Crippen MR) is 90.1 cm³/mol. The number of nitrogens with zero attached hydrogens (tertiary/aromatic N) is 1. The maximum atomic E-state index is 12.4. The van der Waals surface area contributed by atoms with Gasteiger partial charge in [0.05, 0.1) is 24.8 Å². The fourth-order valence-corrected chi connectivity index (χ4v) is 2.82. The molecule has 0 saturated heterocycles. The van der Waals surface area contributed by atoms with Crippen molar-refractivity contribution in [3.05, 3.63) is 64.7 Å². The van der Waals surface area contributed by atoms with Crippen LogP contribution in [0.15, 0.2) is 42.5 Å². The van der Waals surface area contributed by atoms with Crippen molar-refractivity contribution < 1.29 is 19.1 Å². The van der Waals surface area contributed by atoms with Crippen molar-refractivity contribution >= 4 is 17.8 Å². The summed E-state index contributed by atoms with van der Waals surface area (Å²) < 4.78 is 5.26. The second-order valence-electron chi connectivity index (χ2n) is 5.61. The van der Waals surface area contributed by atoms with Crippen molar-refractivity contribution in [3.63, 3.8) is 0 Å². The van der Waals surface area contributed by atoms with Gasteiger partial charge < -0.3 is 15.8 Å². The van der Waals surface area contributed by atoms with Crippen LogP contribution < -0.4 is 15.8 Å². The highest BCUT2D eigenvalue weighted by Gasteiger charge is 2.34. The number of carbonyl (C=O) groups excluding carboxylic acids is 3. The lowest BCUT2D eigenvalue weighted by molar-refractivity contribution is 0.0642. The number of ether oxygens (including phenoxy) is 1. The molecule has 2 aromatic rings. The third-order valence-corrected chi connectivity index (χ3v) is 4.02. The van der Waals surface area contributed by atoms with Crippen molar-refractivity contribution in [2.75, 3.05) is 7.11 Å². The first-order valence-corrected chi connectivity index (χ1v) is 7.65. The zero-order valence-corrected chi connectivity index (χ0v) is 13.6. The molecule has 7 heteroatoms. The van der Waals surface area contributed by atoms with Gasteiger partial charge in [-0.3, -0.25) is 14.5 Å². The second-order valence-corrected chi connectivity index (χ2v) is 5.61. The second kappa shape index (κ2) is 6.64. The average molecular weight is 339 g/mol. The summed E-state index contributed by atoms with van der Waals surface area (Å²) in [4.78, 5) is 37.0. The fraction of sp³-hybridized carbons (Fsp3) is 0.167. The molecule has 0 spiro atoms. The average Bonchev–Trinajstić information content (AvgIpc) is 2.85. The molecule has 1 heterocycles. The molecule has 1 aliphatic heterocycles. The van der Waals surface area contributed by atoms with Crippen LogP contribution in [0.25, 0.3) is 0 Å². The Bertz CT molecular complexity index is 828. The van der Waals surface area contributed by atoms with E-state index in [4.69, 9.17) is 10.5 Å². The summed E-state index contributed by atoms with van der Waals surface area (Å²) in [6, 6.07) is 11.4. The standard InChI is InChI=1S/C18H17N3O4/c1-25-15-7-6-11(8-12(15)9-20-18(19)24)10-21-16(22)13-4-2-3-5-14(13)17(21)23/h2-8H,9-10H2,1H3,(H3,19,20,24). The van der Waals surface area contributed by atoms with Gasteiger partial charge in [0.15, 0.2) is 0 Å². The zero-order valence-electron chi connectivity index (χ0n) is 13.6. The number of fused-ring (bicyclic) bond motifs is 1. The predicted octanol–water partition coefficient (Wildman–Crippen LogP) is 1.66. The summed E-state index contributed by atoms with van der Waals surface area (Å²) in [5, 5.41) is 2.50. The highest BCUT2D eigenvalue weighted by molar-refractivity contribution is 6.21. The van der Waals surface area contributed by atoms with E-state index in [1.807, 2.05) is 0 Å². The van der Waals surface area contributed by atoms with E-state index < -0.39 is 6.03 Å². The minimum absolute atomic E-state index is 0.139. The first-order valence-electron chi connectivity index (χ1n) is 7.65. The fourth-order valence-electron chi connectivity index (χ4n) is 2.82. The number of nitrogens with two attached hydrogens (primary N) is 1. The third-order valence-electron chi connectivity index (χ3n) is 4.02. The highest BCUT2D eigenvalue weighted by Crippen LogP contribution is 2.26. The molecule has 7 nitrogen and oxygen atoms in total. The highest BCUT2D eigenvalue weighted by atomic mass is 16.5. The van der Waals surface area contributed by atoms with E-state index in [2.05, 4.69) is 5.32 Å². The molecule has 0 saturated carbocycles. The van der Waals surface area contributed by atoms with Crippen LogP contribution in [0.4, 0.5) is 4.79 Å². The molecule has 0 radical (unpaired) electrons. The number of urea groups is 1. The molecule has 0 unspecified atom stereocenters. The van der Waals surface area contributed by atoms with Gasteiger partial charge in [0, 0.05) is 12.1 Å². The van der Waals surface area contributed by atoms with E-state index in [-0.39, 0.29) is 24.9 Å². The van der Waals surface area contributed by atoms with E-state index in [0.717, 1.165) is 5.56 Å². The topological polar surface area (TPSA) is 102 Å². The van der Waals surface area contributed by atoms with Crippen molar-refractivity contribution in [1.29, 1.82) is 0 Å². The number of hydrogen-bond donors (Lipinski definition) is 2. The smallest absolute Gasteiger partial charge is 0.312 e. The molecular weight excluding hydrogens is 322 g/mol. The van der Waals surface area contributed by atoms with Crippen molar-refractivity contribution in [3.8, 4) is 5.75 Å². The summed E-state index contributed by atoms with van der Waals surface area (Å²) >= 11 is 0. The Hall–Kier alpha value is -3.35. The van der Waals surface area contributed by atoms with Gasteiger partial charge in [0.2, 0.25) is 0 Å². The zero-order chi connectivity index (χ0) is 18.0. The number of nitrogens with one attached hydrogen (secondary N) is 1. The Morgan fingerprint density at radius 3 is 2.32 bits per heavy atom. The van der Waals surface area contributed by atoms with Crippen LogP contribution in [0.5, 0.6) is 5.75 Å². The summed E-state index contributed by atoms with van der Waals surface area (Å²) in [5.41, 5.74) is 7.38. The molecule has 3 rings (SSSR count). The Morgan fingerprint density at radius 2 is 1.76 bits per heavy atom. The summed E-state index contributed by atoms with van der Waals surface area (Å²) in [7, 11) is 1.52. The van der Waals surface area contributed by atoms with Crippen molar-refractivity contribution in [1.82, 2.24) is 10.2 Å². The van der Waals surface area contributed by atoms with Gasteiger partial charge in [0.1, 0.15) is 5.75 Å². The van der Waals surface area contributed by atoms with Crippen LogP contribution in [0, 0.1) is 0 Å². The third kappa shape index (κ3) is 3.16. The minimum Gasteiger partial charge on any atom is -0.496 e. The monoisotopic (exact) mass is 339 g/mol. The van der Waals surface area contributed by atoms with E-state index in [9.17, 15) is 14.4 Å². The van der Waals surface area contributed by atoms with Gasteiger partial charge >= 0.3 is 6.03 Å². The van der Waals surface area contributed by atoms with E-state index >= 15 is 0 Å². The van der Waals surface area contributed by atoms with Crippen LogP contribution in [0.2, 0.25) is 0 Å². The summed E-state index contributed by atoms with van der Waals surface area (Å²) in [5.74, 6) is -0.0404. The normalized spacial score (nSPS) is 12.9. The van der Waals surface area contributed by atoms with Gasteiger partial charge in [0.25, 0.3) is 11.8 Å². The van der Waals surface area contributed by atoms with Gasteiger partial charge in [-0.25, -0.2) is 4.79 Å². The number of primary amides is 1. The van der Waals surface area contributed by atoms with Gasteiger partial charge in [-0.05, 0) is 29.8 Å². The van der Waals surface area contributed by atoms with Crippen molar-refractivity contribution in [2.24, 2.45) is 5.73 Å². The van der Waals surface area contributed by atoms with Gasteiger partial charge in [-0.15, -0.1) is 0 Å². The lowest BCUT2D eigenvalue weighted by atomic mass is 10.1. The van der Waals surface area contributed by atoms with Crippen molar-refractivity contribution in [2.45, 2.75) is 13.1 Å². The van der Waals surface area contributed by atoms with Crippen LogP contribution in [-0.4, -0.2) is 29.9 Å². The molecule has 3 N–H and O–H groups in total. The van der Waals surface area contributed by atoms with Crippen LogP contribution in [-0.2, 0) is 13.1 Å². The molecule has 0 bridgehead atoms. The number of rotatable bonds is 5. The largest absolute Gasteiger partial charge is 0.496 e. The molecule has 0 aliphatic carbocycles. The Morgan fingerprint density at radius 1 is 1.12 bits per heavy atom. The first-order chi connectivity index (χ1) is 12.0. The Balaban J connectivity index is 1.84. The van der Waals surface area contributed by atoms with E-state index in [1.54, 1.807) is 42.5 Å². The molecule has 2 aromatic carbocycles. The Kier molecular flexibility index (Phi) is 4.38. The number of amides is 4. The quantitative estimate of drug-likeness (QED) is 0.809. The molecule has 25 heavy (non-hydrogen) atoms. The van der Waals surface area contributed by atoms with Gasteiger partial charge in [-0.2, -0.15) is 0 Å². The maximum Gasteiger partial charge on any atom is 0.312 e. The number of benzene rings is 2. The SMILES string of the molecule is COc1ccc(CN2C(=O)c3ccccc3C2=O)cc1CNC(N)=O. The number of imide groups is 1. The molecule has 0 aromatic heterocycles. The summed E-state index contributed by atoms with van der Waals surface area (Å²) in [6.07, 6.45) is 0. The molecule has 0 fully saturated rings. The maximum absolute atomic E-state index is 12.4. The van der Waals surface area contributed by atoms with E-state index in [0.29, 0.717) is 22.4 Å². The number of hydrogen-bond acceptors (Lipinski definition) is 4. The number of carbonyl (C=O) groups is 3. The van der Waals surface area contributed by atoms with E-state index in [1.165, 1.54) is 12.0 Å². The van der Waals surface area contributed by atoms with Crippen LogP contribution in [0.3, 0.4) is 0 Å². The first kappa shape index (κ1) is 16.5. The number of methoxy groups -OCH3 is 1. The molecular formula is C18H17N3O4. The van der Waals surface area contributed by atoms with Crippen LogP contribution >= 0.6 is 0 Å². The lowest BCUT2D eigenvalue weighted by Crippen LogP contribution is -2.30. The molecule has 4 amide bonds. The molecule has 1 aliphatic rings. The summed E-state index contributed by atoms with van der Waals surface area (Å²) in [6.45, 7) is 0.328.